The normalized spacial score (nSPS) is 13.8. The standard InChI is InChI=1S/C14H10ClN3O2S/c15-9-5-4-8(6-12(9)18(19)20)10-7-17-11-2-1-3-13(11)21-14(17)16-10/h4-7H,1-3H2. The van der Waals surface area contributed by atoms with E-state index in [1.807, 2.05) is 6.20 Å². The van der Waals surface area contributed by atoms with E-state index in [1.165, 1.54) is 23.1 Å². The van der Waals surface area contributed by atoms with E-state index in [0.717, 1.165) is 23.5 Å². The summed E-state index contributed by atoms with van der Waals surface area (Å²) in [6, 6.07) is 4.80. The van der Waals surface area contributed by atoms with Crippen LogP contribution in [0, 0.1) is 10.1 Å². The zero-order chi connectivity index (χ0) is 14.6. The van der Waals surface area contributed by atoms with Crippen molar-refractivity contribution in [2.45, 2.75) is 19.3 Å². The Balaban J connectivity index is 1.85. The number of benzene rings is 1. The molecule has 106 valence electrons. The van der Waals surface area contributed by atoms with E-state index in [4.69, 9.17) is 11.6 Å². The largest absolute Gasteiger partial charge is 0.294 e. The molecule has 0 saturated heterocycles. The molecule has 0 N–H and O–H groups in total. The summed E-state index contributed by atoms with van der Waals surface area (Å²) in [5, 5.41) is 11.1. The first kappa shape index (κ1) is 12.8. The Bertz CT molecular complexity index is 884. The van der Waals surface area contributed by atoms with E-state index in [1.54, 1.807) is 23.5 Å². The molecule has 0 unspecified atom stereocenters. The number of rotatable bonds is 2. The second kappa shape index (κ2) is 4.54. The van der Waals surface area contributed by atoms with Crippen LogP contribution in [-0.4, -0.2) is 14.3 Å². The van der Waals surface area contributed by atoms with Gasteiger partial charge in [0.15, 0.2) is 4.96 Å². The zero-order valence-corrected chi connectivity index (χ0v) is 12.4. The van der Waals surface area contributed by atoms with E-state index in [2.05, 4.69) is 9.38 Å². The molecule has 2 heterocycles. The van der Waals surface area contributed by atoms with Crippen LogP contribution in [0.25, 0.3) is 16.2 Å². The van der Waals surface area contributed by atoms with Crippen molar-refractivity contribution in [2.75, 3.05) is 0 Å². The SMILES string of the molecule is O=[N+]([O-])c1cc(-c2cn3c4c(sc3n2)CCC4)ccc1Cl. The molecule has 0 spiro atoms. The fraction of sp³-hybridized carbons (Fsp3) is 0.214. The highest BCUT2D eigenvalue weighted by Gasteiger charge is 2.20. The maximum Gasteiger partial charge on any atom is 0.288 e. The predicted molar refractivity (Wildman–Crippen MR) is 82.2 cm³/mol. The first-order valence-corrected chi connectivity index (χ1v) is 7.77. The molecule has 4 rings (SSSR count). The molecule has 1 aliphatic carbocycles. The summed E-state index contributed by atoms with van der Waals surface area (Å²) >= 11 is 7.56. The van der Waals surface area contributed by atoms with Gasteiger partial charge in [-0.25, -0.2) is 4.98 Å². The Hall–Kier alpha value is -1.92. The van der Waals surface area contributed by atoms with Crippen molar-refractivity contribution in [3.05, 3.63) is 50.1 Å². The summed E-state index contributed by atoms with van der Waals surface area (Å²) in [5.41, 5.74) is 2.71. The summed E-state index contributed by atoms with van der Waals surface area (Å²) in [5.74, 6) is 0. The van der Waals surface area contributed by atoms with E-state index in [-0.39, 0.29) is 10.7 Å². The number of nitro benzene ring substituents is 1. The minimum absolute atomic E-state index is 0.0873. The Morgan fingerprint density at radius 1 is 1.38 bits per heavy atom. The molecule has 0 saturated carbocycles. The van der Waals surface area contributed by atoms with Crippen molar-refractivity contribution < 1.29 is 4.92 Å². The number of hydrogen-bond donors (Lipinski definition) is 0. The quantitative estimate of drug-likeness (QED) is 0.527. The second-order valence-electron chi connectivity index (χ2n) is 5.03. The molecule has 21 heavy (non-hydrogen) atoms. The average Bonchev–Trinajstić information content (AvgIpc) is 3.10. The molecule has 3 aromatic rings. The Morgan fingerprint density at radius 2 is 2.24 bits per heavy atom. The number of aryl methyl sites for hydroxylation is 2. The minimum atomic E-state index is -0.470. The number of nitro groups is 1. The topological polar surface area (TPSA) is 60.4 Å². The summed E-state index contributed by atoms with van der Waals surface area (Å²) in [6.07, 6.45) is 5.36. The Morgan fingerprint density at radius 3 is 3.05 bits per heavy atom. The predicted octanol–water partition coefficient (Wildman–Crippen LogP) is 4.11. The molecule has 0 radical (unpaired) electrons. The van der Waals surface area contributed by atoms with Gasteiger partial charge in [0.25, 0.3) is 5.69 Å². The number of thiazole rings is 1. The fourth-order valence-electron chi connectivity index (χ4n) is 2.75. The van der Waals surface area contributed by atoms with Crippen molar-refractivity contribution in [2.24, 2.45) is 0 Å². The molecule has 0 bridgehead atoms. The number of aromatic nitrogens is 2. The summed E-state index contributed by atoms with van der Waals surface area (Å²) in [6.45, 7) is 0. The number of imidazole rings is 1. The molecule has 2 aromatic heterocycles. The molecule has 0 aliphatic heterocycles. The van der Waals surface area contributed by atoms with Crippen molar-refractivity contribution in [3.63, 3.8) is 0 Å². The van der Waals surface area contributed by atoms with Crippen molar-refractivity contribution in [1.82, 2.24) is 9.38 Å². The van der Waals surface area contributed by atoms with Crippen LogP contribution in [0.15, 0.2) is 24.4 Å². The molecule has 0 fully saturated rings. The van der Waals surface area contributed by atoms with Gasteiger partial charge in [0.1, 0.15) is 5.02 Å². The van der Waals surface area contributed by atoms with E-state index >= 15 is 0 Å². The first-order chi connectivity index (χ1) is 10.1. The number of fused-ring (bicyclic) bond motifs is 3. The van der Waals surface area contributed by atoms with Crippen LogP contribution in [0.3, 0.4) is 0 Å². The number of nitrogens with zero attached hydrogens (tertiary/aromatic N) is 3. The molecular formula is C14H10ClN3O2S. The van der Waals surface area contributed by atoms with Gasteiger partial charge in [-0.2, -0.15) is 0 Å². The molecule has 5 nitrogen and oxygen atoms in total. The van der Waals surface area contributed by atoms with Crippen LogP contribution in [0.1, 0.15) is 17.0 Å². The van der Waals surface area contributed by atoms with Crippen LogP contribution in [0.4, 0.5) is 5.69 Å². The van der Waals surface area contributed by atoms with Crippen molar-refractivity contribution in [3.8, 4) is 11.3 Å². The van der Waals surface area contributed by atoms with E-state index in [0.29, 0.717) is 5.56 Å². The molecule has 1 aliphatic rings. The molecule has 7 heteroatoms. The second-order valence-corrected chi connectivity index (χ2v) is 6.50. The van der Waals surface area contributed by atoms with E-state index in [9.17, 15) is 10.1 Å². The third kappa shape index (κ3) is 1.94. The lowest BCUT2D eigenvalue weighted by Crippen LogP contribution is -1.90. The van der Waals surface area contributed by atoms with Gasteiger partial charge >= 0.3 is 0 Å². The lowest BCUT2D eigenvalue weighted by Gasteiger charge is -1.99. The fourth-order valence-corrected chi connectivity index (χ4v) is 4.13. The number of halogens is 1. The zero-order valence-electron chi connectivity index (χ0n) is 10.9. The lowest BCUT2D eigenvalue weighted by molar-refractivity contribution is -0.384. The van der Waals surface area contributed by atoms with Crippen LogP contribution in [0.2, 0.25) is 5.02 Å². The van der Waals surface area contributed by atoms with Crippen LogP contribution < -0.4 is 0 Å². The molecule has 0 atom stereocenters. The van der Waals surface area contributed by atoms with Gasteiger partial charge in [-0.3, -0.25) is 14.5 Å². The van der Waals surface area contributed by atoms with Crippen LogP contribution >= 0.6 is 22.9 Å². The monoisotopic (exact) mass is 319 g/mol. The number of hydrogen-bond acceptors (Lipinski definition) is 4. The highest BCUT2D eigenvalue weighted by atomic mass is 35.5. The van der Waals surface area contributed by atoms with Gasteiger partial charge in [0, 0.05) is 28.4 Å². The minimum Gasteiger partial charge on any atom is -0.294 e. The van der Waals surface area contributed by atoms with Gasteiger partial charge in [-0.05, 0) is 25.3 Å². The molecular weight excluding hydrogens is 310 g/mol. The smallest absolute Gasteiger partial charge is 0.288 e. The van der Waals surface area contributed by atoms with Crippen molar-refractivity contribution in [1.29, 1.82) is 0 Å². The van der Waals surface area contributed by atoms with Gasteiger partial charge in [-0.15, -0.1) is 11.3 Å². The van der Waals surface area contributed by atoms with Gasteiger partial charge in [0.2, 0.25) is 0 Å². The first-order valence-electron chi connectivity index (χ1n) is 6.57. The summed E-state index contributed by atoms with van der Waals surface area (Å²) in [4.78, 5) is 17.5. The lowest BCUT2D eigenvalue weighted by atomic mass is 10.1. The third-order valence-electron chi connectivity index (χ3n) is 3.76. The highest BCUT2D eigenvalue weighted by Crippen LogP contribution is 2.34. The maximum absolute atomic E-state index is 11.0. The van der Waals surface area contributed by atoms with Crippen LogP contribution in [0.5, 0.6) is 0 Å². The Kier molecular flexibility index (Phi) is 2.77. The summed E-state index contributed by atoms with van der Waals surface area (Å²) < 4.78 is 2.11. The van der Waals surface area contributed by atoms with E-state index < -0.39 is 4.92 Å². The summed E-state index contributed by atoms with van der Waals surface area (Å²) in [7, 11) is 0. The average molecular weight is 320 g/mol. The maximum atomic E-state index is 11.0. The van der Waals surface area contributed by atoms with Crippen molar-refractivity contribution >= 4 is 33.6 Å². The molecule has 1 aromatic carbocycles. The Labute approximate surface area is 129 Å². The third-order valence-corrected chi connectivity index (χ3v) is 5.23. The van der Waals surface area contributed by atoms with Gasteiger partial charge < -0.3 is 0 Å². The van der Waals surface area contributed by atoms with Crippen LogP contribution in [-0.2, 0) is 12.8 Å². The van der Waals surface area contributed by atoms with Gasteiger partial charge in [-0.1, -0.05) is 17.7 Å². The highest BCUT2D eigenvalue weighted by molar-refractivity contribution is 7.17. The molecule has 0 amide bonds. The van der Waals surface area contributed by atoms with Gasteiger partial charge in [0.05, 0.1) is 10.6 Å².